The van der Waals surface area contributed by atoms with E-state index in [-0.39, 0.29) is 16.8 Å². The highest BCUT2D eigenvalue weighted by Crippen LogP contribution is 2.29. The molecule has 0 fully saturated rings. The molecule has 2 N–H and O–H groups in total. The fourth-order valence-corrected chi connectivity index (χ4v) is 1.49. The van der Waals surface area contributed by atoms with E-state index >= 15 is 0 Å². The maximum absolute atomic E-state index is 13.2. The predicted molar refractivity (Wildman–Crippen MR) is 57.7 cm³/mol. The Kier molecular flexibility index (Phi) is 4.71. The number of benzene rings is 1. The van der Waals surface area contributed by atoms with Crippen LogP contribution >= 0.6 is 15.9 Å². The monoisotopic (exact) mass is 277 g/mol. The minimum atomic E-state index is -0.733. The molecule has 0 heterocycles. The van der Waals surface area contributed by atoms with Crippen molar-refractivity contribution < 1.29 is 13.5 Å². The summed E-state index contributed by atoms with van der Waals surface area (Å²) in [5.74, 6) is -1.38. The molecule has 1 rings (SSSR count). The van der Waals surface area contributed by atoms with Crippen LogP contribution in [-0.2, 0) is 0 Å². The number of nitrogens with two attached hydrogens (primary N) is 1. The van der Waals surface area contributed by atoms with Gasteiger partial charge in [-0.05, 0) is 22.0 Å². The fraction of sp³-hybridized carbons (Fsp3) is 0.200. The van der Waals surface area contributed by atoms with Gasteiger partial charge in [0.2, 0.25) is 0 Å². The Bertz CT molecular complexity index is 345. The van der Waals surface area contributed by atoms with Crippen molar-refractivity contribution >= 4 is 15.9 Å². The molecule has 5 heteroatoms. The van der Waals surface area contributed by atoms with Gasteiger partial charge in [0.05, 0.1) is 4.47 Å². The first kappa shape index (κ1) is 12.1. The van der Waals surface area contributed by atoms with Crippen LogP contribution in [0, 0.1) is 11.6 Å². The van der Waals surface area contributed by atoms with Gasteiger partial charge in [0, 0.05) is 12.6 Å². The molecular formula is C10H10BrF2NO. The van der Waals surface area contributed by atoms with E-state index in [4.69, 9.17) is 10.5 Å². The number of hydrogen-bond acceptors (Lipinski definition) is 2. The average molecular weight is 278 g/mol. The van der Waals surface area contributed by atoms with Crippen LogP contribution in [0.3, 0.4) is 0 Å². The molecule has 0 aliphatic rings. The van der Waals surface area contributed by atoms with Crippen molar-refractivity contribution in [2.75, 3.05) is 13.2 Å². The third kappa shape index (κ3) is 3.60. The van der Waals surface area contributed by atoms with Crippen molar-refractivity contribution in [1.29, 1.82) is 0 Å². The molecule has 0 aromatic heterocycles. The second-order valence-corrected chi connectivity index (χ2v) is 3.57. The molecule has 0 atom stereocenters. The van der Waals surface area contributed by atoms with E-state index in [9.17, 15) is 8.78 Å². The molecule has 0 radical (unpaired) electrons. The van der Waals surface area contributed by atoms with E-state index in [0.717, 1.165) is 12.1 Å². The number of rotatable bonds is 4. The van der Waals surface area contributed by atoms with Crippen molar-refractivity contribution in [3.63, 3.8) is 0 Å². The van der Waals surface area contributed by atoms with E-state index in [1.807, 2.05) is 0 Å². The van der Waals surface area contributed by atoms with Gasteiger partial charge < -0.3 is 10.5 Å². The zero-order chi connectivity index (χ0) is 11.3. The van der Waals surface area contributed by atoms with Gasteiger partial charge in [0.25, 0.3) is 0 Å². The fourth-order valence-electron chi connectivity index (χ4n) is 0.963. The lowest BCUT2D eigenvalue weighted by molar-refractivity contribution is 0.337. The summed E-state index contributed by atoms with van der Waals surface area (Å²) in [5, 5.41) is 0. The lowest BCUT2D eigenvalue weighted by Crippen LogP contribution is -1.99. The van der Waals surface area contributed by atoms with Crippen LogP contribution in [0.2, 0.25) is 0 Å². The van der Waals surface area contributed by atoms with Crippen LogP contribution < -0.4 is 10.5 Å². The van der Waals surface area contributed by atoms with Gasteiger partial charge in [-0.2, -0.15) is 0 Å². The molecule has 0 spiro atoms. The Morgan fingerprint density at radius 3 is 2.67 bits per heavy atom. The minimum Gasteiger partial charge on any atom is -0.485 e. The molecule has 1 aromatic rings. The molecule has 0 amide bonds. The van der Waals surface area contributed by atoms with Crippen molar-refractivity contribution in [1.82, 2.24) is 0 Å². The molecule has 1 aromatic carbocycles. The summed E-state index contributed by atoms with van der Waals surface area (Å²) in [6.07, 6.45) is 3.35. The zero-order valence-electron chi connectivity index (χ0n) is 7.84. The molecule has 15 heavy (non-hydrogen) atoms. The van der Waals surface area contributed by atoms with Crippen LogP contribution in [0.15, 0.2) is 28.8 Å². The summed E-state index contributed by atoms with van der Waals surface area (Å²) in [4.78, 5) is 0. The largest absolute Gasteiger partial charge is 0.485 e. The average Bonchev–Trinajstić information content (AvgIpc) is 2.15. The molecule has 0 unspecified atom stereocenters. The van der Waals surface area contributed by atoms with Gasteiger partial charge in [-0.15, -0.1) is 0 Å². The van der Waals surface area contributed by atoms with Gasteiger partial charge in [-0.25, -0.2) is 8.78 Å². The lowest BCUT2D eigenvalue weighted by Gasteiger charge is -2.06. The van der Waals surface area contributed by atoms with E-state index in [2.05, 4.69) is 15.9 Å². The van der Waals surface area contributed by atoms with Crippen molar-refractivity contribution in [2.24, 2.45) is 5.73 Å². The maximum Gasteiger partial charge on any atom is 0.169 e. The highest BCUT2D eigenvalue weighted by atomic mass is 79.9. The van der Waals surface area contributed by atoms with Crippen LogP contribution in [-0.4, -0.2) is 13.2 Å². The molecule has 0 saturated carbocycles. The predicted octanol–water partition coefficient (Wildman–Crippen LogP) is 2.62. The second-order valence-electron chi connectivity index (χ2n) is 2.72. The van der Waals surface area contributed by atoms with Crippen molar-refractivity contribution in [3.8, 4) is 5.75 Å². The third-order valence-corrected chi connectivity index (χ3v) is 2.18. The second kappa shape index (κ2) is 5.82. The number of halogens is 3. The quantitative estimate of drug-likeness (QED) is 0.859. The summed E-state index contributed by atoms with van der Waals surface area (Å²) in [6, 6.07) is 1.91. The summed E-state index contributed by atoms with van der Waals surface area (Å²) in [5.41, 5.74) is 5.21. The first-order valence-corrected chi connectivity index (χ1v) is 5.07. The normalized spacial score (nSPS) is 10.9. The molecular weight excluding hydrogens is 268 g/mol. The third-order valence-electron chi connectivity index (χ3n) is 1.59. The van der Waals surface area contributed by atoms with Gasteiger partial charge >= 0.3 is 0 Å². The topological polar surface area (TPSA) is 35.2 Å². The van der Waals surface area contributed by atoms with E-state index in [1.54, 1.807) is 12.2 Å². The standard InChI is InChI=1S/C10H10BrF2NO/c11-8-5-7(12)6-9(13)10(8)15-4-2-1-3-14/h1-2,5-6H,3-4,14H2/b2-1+. The summed E-state index contributed by atoms with van der Waals surface area (Å²) in [6.45, 7) is 0.592. The Morgan fingerprint density at radius 2 is 2.07 bits per heavy atom. The van der Waals surface area contributed by atoms with Crippen molar-refractivity contribution in [2.45, 2.75) is 0 Å². The number of hydrogen-bond donors (Lipinski definition) is 1. The van der Waals surface area contributed by atoms with Gasteiger partial charge in [0.15, 0.2) is 11.6 Å². The van der Waals surface area contributed by atoms with Crippen LogP contribution in [0.1, 0.15) is 0 Å². The molecule has 0 aliphatic carbocycles. The maximum atomic E-state index is 13.2. The minimum absolute atomic E-state index is 0.00179. The van der Waals surface area contributed by atoms with Gasteiger partial charge in [-0.1, -0.05) is 12.2 Å². The smallest absolute Gasteiger partial charge is 0.169 e. The number of ether oxygens (including phenoxy) is 1. The van der Waals surface area contributed by atoms with Crippen molar-refractivity contribution in [3.05, 3.63) is 40.4 Å². The first-order chi connectivity index (χ1) is 7.15. The SMILES string of the molecule is NC/C=C/COc1c(F)cc(F)cc1Br. The molecule has 0 saturated heterocycles. The van der Waals surface area contributed by atoms with E-state index < -0.39 is 11.6 Å². The molecule has 0 aliphatic heterocycles. The Labute approximate surface area is 94.9 Å². The van der Waals surface area contributed by atoms with Gasteiger partial charge in [-0.3, -0.25) is 0 Å². The lowest BCUT2D eigenvalue weighted by atomic mass is 10.3. The Morgan fingerprint density at radius 1 is 1.33 bits per heavy atom. The van der Waals surface area contributed by atoms with Crippen LogP contribution in [0.4, 0.5) is 8.78 Å². The molecule has 82 valence electrons. The Hall–Kier alpha value is -0.940. The van der Waals surface area contributed by atoms with E-state index in [0.29, 0.717) is 6.54 Å². The summed E-state index contributed by atoms with van der Waals surface area (Å²) in [7, 11) is 0. The zero-order valence-corrected chi connectivity index (χ0v) is 9.43. The van der Waals surface area contributed by atoms with Gasteiger partial charge in [0.1, 0.15) is 12.4 Å². The molecule has 2 nitrogen and oxygen atoms in total. The molecule has 0 bridgehead atoms. The summed E-state index contributed by atoms with van der Waals surface area (Å²) < 4.78 is 31.2. The highest BCUT2D eigenvalue weighted by molar-refractivity contribution is 9.10. The Balaban J connectivity index is 2.72. The van der Waals surface area contributed by atoms with E-state index in [1.165, 1.54) is 0 Å². The van der Waals surface area contributed by atoms with Crippen LogP contribution in [0.25, 0.3) is 0 Å². The summed E-state index contributed by atoms with van der Waals surface area (Å²) >= 11 is 3.01. The first-order valence-electron chi connectivity index (χ1n) is 4.27. The van der Waals surface area contributed by atoms with Crippen LogP contribution in [0.5, 0.6) is 5.75 Å². The highest BCUT2D eigenvalue weighted by Gasteiger charge is 2.09.